The Labute approximate surface area is 130 Å². The van der Waals surface area contributed by atoms with Gasteiger partial charge in [-0.15, -0.1) is 0 Å². The summed E-state index contributed by atoms with van der Waals surface area (Å²) in [7, 11) is 0. The summed E-state index contributed by atoms with van der Waals surface area (Å²) >= 11 is 0. The zero-order valence-electron chi connectivity index (χ0n) is 13.6. The summed E-state index contributed by atoms with van der Waals surface area (Å²) < 4.78 is 0. The van der Waals surface area contributed by atoms with Crippen molar-refractivity contribution in [2.24, 2.45) is 5.92 Å². The molecule has 4 fully saturated rings. The number of hydrogen-bond acceptors (Lipinski definition) is 3. The van der Waals surface area contributed by atoms with Crippen molar-refractivity contribution >= 4 is 0 Å². The Kier molecular flexibility index (Phi) is 4.52. The van der Waals surface area contributed by atoms with Gasteiger partial charge in [-0.1, -0.05) is 19.3 Å². The molecule has 0 spiro atoms. The lowest BCUT2D eigenvalue weighted by Gasteiger charge is -2.46. The fourth-order valence-corrected chi connectivity index (χ4v) is 5.42. The fourth-order valence-electron chi connectivity index (χ4n) is 5.42. The summed E-state index contributed by atoms with van der Waals surface area (Å²) in [6, 6.07) is 2.51. The molecule has 1 N–H and O–H groups in total. The molecule has 3 aliphatic heterocycles. The Bertz CT molecular complexity index is 313. The second-order valence-electron chi connectivity index (χ2n) is 8.04. The van der Waals surface area contributed by atoms with Crippen LogP contribution in [0.4, 0.5) is 0 Å². The molecule has 3 heteroatoms. The quantitative estimate of drug-likeness (QED) is 0.843. The van der Waals surface area contributed by atoms with Gasteiger partial charge in [0, 0.05) is 44.3 Å². The summed E-state index contributed by atoms with van der Waals surface area (Å²) in [5.41, 5.74) is 0. The molecule has 3 heterocycles. The first kappa shape index (κ1) is 14.5. The highest BCUT2D eigenvalue weighted by Crippen LogP contribution is 2.32. The first-order valence-corrected chi connectivity index (χ1v) is 9.61. The predicted octanol–water partition coefficient (Wildman–Crippen LogP) is 2.47. The van der Waals surface area contributed by atoms with Crippen LogP contribution in [0.15, 0.2) is 0 Å². The Balaban J connectivity index is 1.28. The summed E-state index contributed by atoms with van der Waals surface area (Å²) in [6.07, 6.45) is 13.1. The Morgan fingerprint density at radius 2 is 1.71 bits per heavy atom. The van der Waals surface area contributed by atoms with Crippen molar-refractivity contribution in [2.45, 2.75) is 75.9 Å². The summed E-state index contributed by atoms with van der Waals surface area (Å²) in [5, 5.41) is 4.02. The molecule has 3 nitrogen and oxygen atoms in total. The van der Waals surface area contributed by atoms with E-state index in [0.717, 1.165) is 24.0 Å². The number of piperidine rings is 2. The Morgan fingerprint density at radius 3 is 2.71 bits per heavy atom. The van der Waals surface area contributed by atoms with Crippen molar-refractivity contribution in [1.82, 2.24) is 15.1 Å². The first-order valence-electron chi connectivity index (χ1n) is 9.61. The molecular weight excluding hydrogens is 258 g/mol. The third kappa shape index (κ3) is 3.30. The average Bonchev–Trinajstić information content (AvgIpc) is 2.55. The second-order valence-corrected chi connectivity index (χ2v) is 8.04. The third-order valence-electron chi connectivity index (χ3n) is 6.64. The van der Waals surface area contributed by atoms with Gasteiger partial charge in [-0.2, -0.15) is 0 Å². The molecule has 0 amide bonds. The molecule has 1 saturated carbocycles. The maximum absolute atomic E-state index is 4.02. The van der Waals surface area contributed by atoms with Crippen LogP contribution < -0.4 is 5.32 Å². The van der Waals surface area contributed by atoms with Crippen LogP contribution in [0.2, 0.25) is 0 Å². The van der Waals surface area contributed by atoms with E-state index in [4.69, 9.17) is 0 Å². The highest BCUT2D eigenvalue weighted by Gasteiger charge is 2.34. The number of hydrogen-bond donors (Lipinski definition) is 1. The molecule has 0 radical (unpaired) electrons. The lowest BCUT2D eigenvalue weighted by molar-refractivity contribution is 0.0382. The molecule has 4 unspecified atom stereocenters. The van der Waals surface area contributed by atoms with Gasteiger partial charge in [-0.05, 0) is 51.0 Å². The average molecular weight is 291 g/mol. The van der Waals surface area contributed by atoms with Crippen LogP contribution in [0, 0.1) is 5.92 Å². The van der Waals surface area contributed by atoms with E-state index in [-0.39, 0.29) is 0 Å². The minimum atomic E-state index is 0.777. The van der Waals surface area contributed by atoms with Crippen LogP contribution in [0.3, 0.4) is 0 Å². The lowest BCUT2D eigenvalue weighted by Crippen LogP contribution is -2.59. The van der Waals surface area contributed by atoms with E-state index >= 15 is 0 Å². The maximum Gasteiger partial charge on any atom is 0.0223 e. The maximum atomic E-state index is 4.02. The van der Waals surface area contributed by atoms with Gasteiger partial charge in [0.1, 0.15) is 0 Å². The van der Waals surface area contributed by atoms with Gasteiger partial charge in [0.15, 0.2) is 0 Å². The van der Waals surface area contributed by atoms with Crippen LogP contribution in [0.25, 0.3) is 0 Å². The van der Waals surface area contributed by atoms with Crippen LogP contribution >= 0.6 is 0 Å². The smallest absolute Gasteiger partial charge is 0.0223 e. The van der Waals surface area contributed by atoms with Crippen molar-refractivity contribution < 1.29 is 0 Å². The van der Waals surface area contributed by atoms with Crippen LogP contribution in [0.5, 0.6) is 0 Å². The minimum absolute atomic E-state index is 0.777. The molecule has 4 aliphatic rings. The van der Waals surface area contributed by atoms with E-state index in [2.05, 4.69) is 15.1 Å². The molecule has 3 saturated heterocycles. The zero-order valence-corrected chi connectivity index (χ0v) is 13.6. The summed E-state index contributed by atoms with van der Waals surface area (Å²) in [5.74, 6) is 1.00. The largest absolute Gasteiger partial charge is 0.310 e. The Hall–Kier alpha value is -0.120. The van der Waals surface area contributed by atoms with Crippen molar-refractivity contribution in [3.05, 3.63) is 0 Å². The first-order chi connectivity index (χ1) is 10.4. The number of rotatable bonds is 2. The molecule has 0 aromatic carbocycles. The van der Waals surface area contributed by atoms with Crippen molar-refractivity contribution in [1.29, 1.82) is 0 Å². The predicted molar refractivity (Wildman–Crippen MR) is 87.6 cm³/mol. The highest BCUT2D eigenvalue weighted by atomic mass is 15.3. The Morgan fingerprint density at radius 1 is 0.810 bits per heavy atom. The van der Waals surface area contributed by atoms with Crippen LogP contribution in [-0.4, -0.2) is 60.6 Å². The molecular formula is C18H33N3. The zero-order chi connectivity index (χ0) is 14.1. The van der Waals surface area contributed by atoms with Gasteiger partial charge in [0.2, 0.25) is 0 Å². The van der Waals surface area contributed by atoms with Crippen LogP contribution in [-0.2, 0) is 0 Å². The molecule has 0 bridgehead atoms. The third-order valence-corrected chi connectivity index (χ3v) is 6.64. The molecule has 4 rings (SSSR count). The fraction of sp³-hybridized carbons (Fsp3) is 1.00. The molecule has 21 heavy (non-hydrogen) atoms. The van der Waals surface area contributed by atoms with Gasteiger partial charge < -0.3 is 5.32 Å². The van der Waals surface area contributed by atoms with Gasteiger partial charge in [0.25, 0.3) is 0 Å². The second kappa shape index (κ2) is 6.55. The topological polar surface area (TPSA) is 18.5 Å². The number of nitrogens with one attached hydrogen (secondary N) is 1. The number of piperazine rings is 1. The van der Waals surface area contributed by atoms with E-state index in [0.29, 0.717) is 0 Å². The number of fused-ring (bicyclic) bond motifs is 2. The van der Waals surface area contributed by atoms with E-state index in [9.17, 15) is 0 Å². The van der Waals surface area contributed by atoms with Gasteiger partial charge in [-0.3, -0.25) is 9.80 Å². The van der Waals surface area contributed by atoms with Gasteiger partial charge in [-0.25, -0.2) is 0 Å². The summed E-state index contributed by atoms with van der Waals surface area (Å²) in [4.78, 5) is 5.53. The van der Waals surface area contributed by atoms with Gasteiger partial charge >= 0.3 is 0 Å². The SMILES string of the molecule is C1CCC2NC(CN3CCN4CCCCC4C3)CCC2C1. The standard InChI is InChI=1S/C18H33N3/c1-2-7-18-15(5-1)8-9-16(19-18)13-20-11-12-21-10-4-3-6-17(21)14-20/h15-19H,1-14H2. The van der Waals surface area contributed by atoms with Crippen molar-refractivity contribution in [3.63, 3.8) is 0 Å². The highest BCUT2D eigenvalue weighted by molar-refractivity contribution is 4.92. The van der Waals surface area contributed by atoms with Crippen molar-refractivity contribution in [2.75, 3.05) is 32.7 Å². The minimum Gasteiger partial charge on any atom is -0.310 e. The molecule has 0 aromatic rings. The van der Waals surface area contributed by atoms with E-state index in [1.54, 1.807) is 0 Å². The van der Waals surface area contributed by atoms with E-state index in [1.165, 1.54) is 90.5 Å². The van der Waals surface area contributed by atoms with Gasteiger partial charge in [0.05, 0.1) is 0 Å². The summed E-state index contributed by atoms with van der Waals surface area (Å²) in [6.45, 7) is 6.65. The van der Waals surface area contributed by atoms with E-state index < -0.39 is 0 Å². The number of nitrogens with zero attached hydrogens (tertiary/aromatic N) is 2. The lowest BCUT2D eigenvalue weighted by atomic mass is 9.77. The van der Waals surface area contributed by atoms with Crippen molar-refractivity contribution in [3.8, 4) is 0 Å². The normalized spacial score (nSPS) is 42.3. The van der Waals surface area contributed by atoms with E-state index in [1.807, 2.05) is 0 Å². The molecule has 1 aliphatic carbocycles. The molecule has 0 aromatic heterocycles. The molecule has 4 atom stereocenters. The molecule has 120 valence electrons. The monoisotopic (exact) mass is 291 g/mol. The van der Waals surface area contributed by atoms with Crippen LogP contribution in [0.1, 0.15) is 57.8 Å².